The van der Waals surface area contributed by atoms with Crippen molar-refractivity contribution in [2.24, 2.45) is 4.99 Å². The Hall–Kier alpha value is -2.68. The van der Waals surface area contributed by atoms with E-state index in [0.29, 0.717) is 13.1 Å². The van der Waals surface area contributed by atoms with Crippen molar-refractivity contribution in [1.82, 2.24) is 20.0 Å². The number of nitro groups is 1. The van der Waals surface area contributed by atoms with Gasteiger partial charge < -0.3 is 15.1 Å². The zero-order valence-corrected chi connectivity index (χ0v) is 17.8. The molecule has 0 atom stereocenters. The average molecular weight is 417 g/mol. The van der Waals surface area contributed by atoms with E-state index in [-0.39, 0.29) is 11.6 Å². The molecule has 1 N–H and O–H groups in total. The molecule has 0 aliphatic carbocycles. The number of benzene rings is 1. The van der Waals surface area contributed by atoms with Crippen molar-refractivity contribution in [2.45, 2.75) is 32.7 Å². The zero-order chi connectivity index (χ0) is 21.3. The van der Waals surface area contributed by atoms with Crippen molar-refractivity contribution >= 4 is 17.6 Å². The summed E-state index contributed by atoms with van der Waals surface area (Å²) >= 11 is 0. The summed E-state index contributed by atoms with van der Waals surface area (Å²) in [6, 6.07) is 6.53. The maximum atomic E-state index is 12.4. The van der Waals surface area contributed by atoms with E-state index >= 15 is 0 Å². The molecule has 0 saturated carbocycles. The molecule has 2 fully saturated rings. The van der Waals surface area contributed by atoms with Crippen LogP contribution in [-0.2, 0) is 11.3 Å². The maximum Gasteiger partial charge on any atom is 0.269 e. The number of non-ortho nitro benzene ring substituents is 1. The molecule has 0 aromatic heterocycles. The first kappa shape index (κ1) is 22.0. The van der Waals surface area contributed by atoms with Crippen LogP contribution in [0.15, 0.2) is 29.3 Å². The molecule has 9 nitrogen and oxygen atoms in total. The summed E-state index contributed by atoms with van der Waals surface area (Å²) in [7, 11) is 0. The first-order chi connectivity index (χ1) is 14.6. The van der Waals surface area contributed by atoms with Crippen LogP contribution in [0, 0.1) is 10.1 Å². The molecule has 0 unspecified atom stereocenters. The molecule has 9 heteroatoms. The molecule has 2 saturated heterocycles. The van der Waals surface area contributed by atoms with Gasteiger partial charge >= 0.3 is 0 Å². The van der Waals surface area contributed by atoms with Crippen LogP contribution in [0.25, 0.3) is 0 Å². The number of hydrogen-bond donors (Lipinski definition) is 1. The minimum atomic E-state index is -0.394. The molecule has 0 radical (unpaired) electrons. The molecule has 2 heterocycles. The average Bonchev–Trinajstić information content (AvgIpc) is 3.30. The van der Waals surface area contributed by atoms with Gasteiger partial charge in [-0.1, -0.05) is 19.1 Å². The quantitative estimate of drug-likeness (QED) is 0.315. The van der Waals surface area contributed by atoms with Crippen LogP contribution < -0.4 is 5.32 Å². The summed E-state index contributed by atoms with van der Waals surface area (Å²) < 4.78 is 0. The summed E-state index contributed by atoms with van der Waals surface area (Å²) in [5.41, 5.74) is 1.03. The second kappa shape index (κ2) is 10.9. The van der Waals surface area contributed by atoms with E-state index in [1.165, 1.54) is 12.1 Å². The number of likely N-dealkylation sites (tertiary alicyclic amines) is 1. The number of nitrogens with one attached hydrogen (secondary N) is 1. The fraction of sp³-hybridized carbons (Fsp3) is 0.619. The van der Waals surface area contributed by atoms with Gasteiger partial charge in [0.05, 0.1) is 18.0 Å². The Morgan fingerprint density at radius 1 is 1.07 bits per heavy atom. The molecule has 0 spiro atoms. The number of guanidine groups is 1. The lowest BCUT2D eigenvalue weighted by Gasteiger charge is -2.36. The number of carbonyl (C=O) groups excluding carboxylic acids is 1. The van der Waals surface area contributed by atoms with Crippen molar-refractivity contribution in [3.63, 3.8) is 0 Å². The van der Waals surface area contributed by atoms with Crippen LogP contribution in [0.1, 0.15) is 31.7 Å². The SMILES string of the molecule is CCCNC(=NCc1ccc([N+](=O)[O-])cc1)N1CCN(CC(=O)N2CCCC2)CC1. The molecule has 2 aliphatic rings. The summed E-state index contributed by atoms with van der Waals surface area (Å²) in [5.74, 6) is 1.11. The van der Waals surface area contributed by atoms with E-state index < -0.39 is 4.92 Å². The molecule has 1 amide bonds. The zero-order valence-electron chi connectivity index (χ0n) is 17.8. The van der Waals surface area contributed by atoms with Crippen LogP contribution in [0.3, 0.4) is 0 Å². The largest absolute Gasteiger partial charge is 0.356 e. The van der Waals surface area contributed by atoms with E-state index in [1.807, 2.05) is 4.90 Å². The van der Waals surface area contributed by atoms with E-state index in [2.05, 4.69) is 22.0 Å². The highest BCUT2D eigenvalue weighted by atomic mass is 16.6. The maximum absolute atomic E-state index is 12.4. The summed E-state index contributed by atoms with van der Waals surface area (Å²) in [5, 5.41) is 14.2. The molecule has 3 rings (SSSR count). The number of amides is 1. The van der Waals surface area contributed by atoms with Gasteiger partial charge in [-0.15, -0.1) is 0 Å². The Morgan fingerprint density at radius 2 is 1.73 bits per heavy atom. The van der Waals surface area contributed by atoms with Crippen LogP contribution >= 0.6 is 0 Å². The third-order valence-electron chi connectivity index (χ3n) is 5.58. The number of nitrogens with zero attached hydrogens (tertiary/aromatic N) is 5. The van der Waals surface area contributed by atoms with Crippen LogP contribution in [-0.4, -0.2) is 83.8 Å². The van der Waals surface area contributed by atoms with Gasteiger partial charge in [-0.25, -0.2) is 4.99 Å². The first-order valence-electron chi connectivity index (χ1n) is 10.8. The number of piperazine rings is 1. The van der Waals surface area contributed by atoms with E-state index in [9.17, 15) is 14.9 Å². The van der Waals surface area contributed by atoms with Gasteiger partial charge in [-0.2, -0.15) is 0 Å². The Balaban J connectivity index is 1.54. The molecule has 1 aromatic rings. The Bertz CT molecular complexity index is 738. The van der Waals surface area contributed by atoms with Crippen molar-refractivity contribution in [3.05, 3.63) is 39.9 Å². The highest BCUT2D eigenvalue weighted by Gasteiger charge is 2.24. The lowest BCUT2D eigenvalue weighted by molar-refractivity contribution is -0.384. The summed E-state index contributed by atoms with van der Waals surface area (Å²) in [6.07, 6.45) is 3.25. The molecule has 0 bridgehead atoms. The van der Waals surface area contributed by atoms with Gasteiger partial charge in [-0.05, 0) is 24.8 Å². The lowest BCUT2D eigenvalue weighted by atomic mass is 10.2. The fourth-order valence-electron chi connectivity index (χ4n) is 3.77. The smallest absolute Gasteiger partial charge is 0.269 e. The number of carbonyl (C=O) groups is 1. The van der Waals surface area contributed by atoms with Gasteiger partial charge in [0.2, 0.25) is 5.91 Å². The number of hydrogen-bond acceptors (Lipinski definition) is 5. The molecule has 2 aliphatic heterocycles. The predicted molar refractivity (Wildman–Crippen MR) is 116 cm³/mol. The minimum absolute atomic E-state index is 0.0895. The normalized spacial score (nSPS) is 18.0. The number of nitro benzene ring substituents is 1. The lowest BCUT2D eigenvalue weighted by Crippen LogP contribution is -2.54. The van der Waals surface area contributed by atoms with Gasteiger partial charge in [-0.3, -0.25) is 19.8 Å². The molecule has 164 valence electrons. The second-order valence-electron chi connectivity index (χ2n) is 7.84. The third kappa shape index (κ3) is 6.16. The van der Waals surface area contributed by atoms with Crippen molar-refractivity contribution < 1.29 is 9.72 Å². The van der Waals surface area contributed by atoms with E-state index in [1.54, 1.807) is 12.1 Å². The van der Waals surface area contributed by atoms with Gasteiger partial charge in [0, 0.05) is 57.9 Å². The third-order valence-corrected chi connectivity index (χ3v) is 5.58. The van der Waals surface area contributed by atoms with Gasteiger partial charge in [0.15, 0.2) is 5.96 Å². The van der Waals surface area contributed by atoms with E-state index in [0.717, 1.165) is 76.6 Å². The molecule has 30 heavy (non-hydrogen) atoms. The van der Waals surface area contributed by atoms with Crippen molar-refractivity contribution in [1.29, 1.82) is 0 Å². The summed E-state index contributed by atoms with van der Waals surface area (Å²) in [4.78, 5) is 34.0. The highest BCUT2D eigenvalue weighted by molar-refractivity contribution is 5.80. The Labute approximate surface area is 177 Å². The molecular formula is C21H32N6O3. The molecular weight excluding hydrogens is 384 g/mol. The fourth-order valence-corrected chi connectivity index (χ4v) is 3.77. The number of aliphatic imine (C=N–C) groups is 1. The summed E-state index contributed by atoms with van der Waals surface area (Å²) in [6.45, 7) is 9.05. The van der Waals surface area contributed by atoms with Crippen LogP contribution in [0.2, 0.25) is 0 Å². The topological polar surface area (TPSA) is 94.3 Å². The Morgan fingerprint density at radius 3 is 2.33 bits per heavy atom. The second-order valence-corrected chi connectivity index (χ2v) is 7.84. The standard InChI is InChI=1S/C21H32N6O3/c1-2-9-22-21(23-16-18-5-7-19(8-6-18)27(29)30)26-14-12-24(13-15-26)17-20(28)25-10-3-4-11-25/h5-8H,2-4,9-17H2,1H3,(H,22,23). The van der Waals surface area contributed by atoms with E-state index in [4.69, 9.17) is 4.99 Å². The minimum Gasteiger partial charge on any atom is -0.356 e. The first-order valence-corrected chi connectivity index (χ1v) is 10.8. The van der Waals surface area contributed by atoms with Gasteiger partial charge in [0.25, 0.3) is 5.69 Å². The van der Waals surface area contributed by atoms with Crippen LogP contribution in [0.4, 0.5) is 5.69 Å². The van der Waals surface area contributed by atoms with Crippen LogP contribution in [0.5, 0.6) is 0 Å². The monoisotopic (exact) mass is 416 g/mol. The molecule has 1 aromatic carbocycles. The van der Waals surface area contributed by atoms with Gasteiger partial charge in [0.1, 0.15) is 0 Å². The highest BCUT2D eigenvalue weighted by Crippen LogP contribution is 2.13. The number of rotatable bonds is 7. The van der Waals surface area contributed by atoms with Crippen molar-refractivity contribution in [2.75, 3.05) is 52.4 Å². The van der Waals surface area contributed by atoms with Crippen molar-refractivity contribution in [3.8, 4) is 0 Å². The predicted octanol–water partition coefficient (Wildman–Crippen LogP) is 1.69. The Kier molecular flexibility index (Phi) is 8.01.